The Morgan fingerprint density at radius 1 is 1.27 bits per heavy atom. The number of halogens is 2. The van der Waals surface area contributed by atoms with Gasteiger partial charge in [-0.2, -0.15) is 0 Å². The van der Waals surface area contributed by atoms with E-state index in [1.807, 2.05) is 0 Å². The fourth-order valence-electron chi connectivity index (χ4n) is 1.99. The van der Waals surface area contributed by atoms with Crippen molar-refractivity contribution in [1.82, 2.24) is 30.2 Å². The second-order valence-electron chi connectivity index (χ2n) is 4.79. The SMILES string of the molecule is CCCCn1nnnc1CSc1nc2cc(F)c(F)cc2[nH]1. The Labute approximate surface area is 129 Å². The summed E-state index contributed by atoms with van der Waals surface area (Å²) in [5.74, 6) is -0.520. The van der Waals surface area contributed by atoms with Gasteiger partial charge in [0.25, 0.3) is 0 Å². The monoisotopic (exact) mass is 324 g/mol. The Bertz CT molecular complexity index is 745. The first-order valence-corrected chi connectivity index (χ1v) is 7.88. The van der Waals surface area contributed by atoms with Gasteiger partial charge in [-0.1, -0.05) is 25.1 Å². The summed E-state index contributed by atoms with van der Waals surface area (Å²) < 4.78 is 28.1. The molecule has 0 aliphatic carbocycles. The van der Waals surface area contributed by atoms with E-state index in [-0.39, 0.29) is 0 Å². The van der Waals surface area contributed by atoms with Crippen molar-refractivity contribution in [2.24, 2.45) is 0 Å². The molecule has 0 aliphatic rings. The first-order valence-electron chi connectivity index (χ1n) is 6.90. The quantitative estimate of drug-likeness (QED) is 0.706. The summed E-state index contributed by atoms with van der Waals surface area (Å²) in [6.07, 6.45) is 2.07. The summed E-state index contributed by atoms with van der Waals surface area (Å²) in [6, 6.07) is 2.18. The lowest BCUT2D eigenvalue weighted by Crippen LogP contribution is -2.05. The first-order chi connectivity index (χ1) is 10.7. The second kappa shape index (κ2) is 6.39. The Morgan fingerprint density at radius 2 is 2.09 bits per heavy atom. The number of aromatic amines is 1. The molecule has 3 rings (SSSR count). The normalized spacial score (nSPS) is 11.4. The molecular weight excluding hydrogens is 310 g/mol. The summed E-state index contributed by atoms with van der Waals surface area (Å²) in [6.45, 7) is 2.88. The van der Waals surface area contributed by atoms with Crippen molar-refractivity contribution in [2.75, 3.05) is 0 Å². The molecule has 116 valence electrons. The summed E-state index contributed by atoms with van der Waals surface area (Å²) in [7, 11) is 0. The molecule has 1 N–H and O–H groups in total. The molecule has 0 atom stereocenters. The average Bonchev–Trinajstić information content (AvgIpc) is 3.09. The van der Waals surface area contributed by atoms with E-state index < -0.39 is 11.6 Å². The number of aromatic nitrogens is 6. The summed E-state index contributed by atoms with van der Waals surface area (Å²) in [4.78, 5) is 7.18. The van der Waals surface area contributed by atoms with Crippen LogP contribution in [0.5, 0.6) is 0 Å². The highest BCUT2D eigenvalue weighted by molar-refractivity contribution is 7.98. The molecule has 0 unspecified atom stereocenters. The van der Waals surface area contributed by atoms with Crippen molar-refractivity contribution in [1.29, 1.82) is 0 Å². The summed E-state index contributed by atoms with van der Waals surface area (Å²) >= 11 is 1.39. The highest BCUT2D eigenvalue weighted by atomic mass is 32.2. The number of nitrogens with one attached hydrogen (secondary N) is 1. The van der Waals surface area contributed by atoms with Crippen LogP contribution in [-0.2, 0) is 12.3 Å². The summed E-state index contributed by atoms with van der Waals surface area (Å²) in [5, 5.41) is 12.2. The first kappa shape index (κ1) is 14.9. The van der Waals surface area contributed by atoms with Gasteiger partial charge < -0.3 is 4.98 Å². The molecule has 3 aromatic rings. The number of hydrogen-bond donors (Lipinski definition) is 1. The molecule has 0 saturated heterocycles. The number of hydrogen-bond acceptors (Lipinski definition) is 5. The fourth-order valence-corrected chi connectivity index (χ4v) is 2.81. The van der Waals surface area contributed by atoms with Gasteiger partial charge in [0.2, 0.25) is 0 Å². The van der Waals surface area contributed by atoms with Gasteiger partial charge in [0, 0.05) is 18.7 Å². The van der Waals surface area contributed by atoms with Gasteiger partial charge >= 0.3 is 0 Å². The van der Waals surface area contributed by atoms with Crippen molar-refractivity contribution in [2.45, 2.75) is 37.2 Å². The number of aryl methyl sites for hydroxylation is 1. The van der Waals surface area contributed by atoms with Crippen LogP contribution in [0.4, 0.5) is 8.78 Å². The number of imidazole rings is 1. The van der Waals surface area contributed by atoms with E-state index >= 15 is 0 Å². The van der Waals surface area contributed by atoms with Crippen molar-refractivity contribution in [3.63, 3.8) is 0 Å². The number of tetrazole rings is 1. The Hall–Kier alpha value is -2.03. The molecule has 6 nitrogen and oxygen atoms in total. The number of rotatable bonds is 6. The molecule has 0 radical (unpaired) electrons. The molecule has 0 fully saturated rings. The molecule has 9 heteroatoms. The lowest BCUT2D eigenvalue weighted by Gasteiger charge is -2.01. The van der Waals surface area contributed by atoms with E-state index in [0.29, 0.717) is 21.9 Å². The van der Waals surface area contributed by atoms with E-state index in [2.05, 4.69) is 32.4 Å². The number of fused-ring (bicyclic) bond motifs is 1. The van der Waals surface area contributed by atoms with Crippen LogP contribution in [0.15, 0.2) is 17.3 Å². The van der Waals surface area contributed by atoms with Gasteiger partial charge in [-0.15, -0.1) is 5.10 Å². The average molecular weight is 324 g/mol. The smallest absolute Gasteiger partial charge is 0.166 e. The van der Waals surface area contributed by atoms with Gasteiger partial charge in [-0.05, 0) is 16.8 Å². The lowest BCUT2D eigenvalue weighted by atomic mass is 10.3. The van der Waals surface area contributed by atoms with Crippen LogP contribution in [0.3, 0.4) is 0 Å². The molecule has 2 heterocycles. The third-order valence-corrected chi connectivity index (χ3v) is 4.04. The predicted octanol–water partition coefficient (Wildman–Crippen LogP) is 2.92. The third-order valence-electron chi connectivity index (χ3n) is 3.17. The Kier molecular flexibility index (Phi) is 4.32. The standard InChI is InChI=1S/C13H14F2N6S/c1-2-3-4-21-12(18-19-20-21)7-22-13-16-10-5-8(14)9(15)6-11(10)17-13/h5-6H,2-4,7H2,1H3,(H,16,17). The maximum Gasteiger partial charge on any atom is 0.166 e. The maximum absolute atomic E-state index is 13.2. The minimum absolute atomic E-state index is 0.395. The van der Waals surface area contributed by atoms with Gasteiger partial charge in [-0.25, -0.2) is 18.4 Å². The Morgan fingerprint density at radius 3 is 2.91 bits per heavy atom. The highest BCUT2D eigenvalue weighted by Gasteiger charge is 2.11. The van der Waals surface area contributed by atoms with Crippen LogP contribution >= 0.6 is 11.8 Å². The van der Waals surface area contributed by atoms with Gasteiger partial charge in [0.15, 0.2) is 22.6 Å². The minimum atomic E-state index is -0.904. The topological polar surface area (TPSA) is 72.3 Å². The second-order valence-corrected chi connectivity index (χ2v) is 5.75. The molecular formula is C13H14F2N6S. The van der Waals surface area contributed by atoms with E-state index in [4.69, 9.17) is 0 Å². The zero-order valence-electron chi connectivity index (χ0n) is 11.9. The van der Waals surface area contributed by atoms with Crippen LogP contribution in [0.1, 0.15) is 25.6 Å². The molecule has 2 aromatic heterocycles. The van der Waals surface area contributed by atoms with Crippen LogP contribution < -0.4 is 0 Å². The van der Waals surface area contributed by atoms with Crippen LogP contribution in [0.25, 0.3) is 11.0 Å². The van der Waals surface area contributed by atoms with Crippen LogP contribution in [0, 0.1) is 11.6 Å². The number of unbranched alkanes of at least 4 members (excludes halogenated alkanes) is 1. The van der Waals surface area contributed by atoms with Crippen molar-refractivity contribution < 1.29 is 8.78 Å². The highest BCUT2D eigenvalue weighted by Crippen LogP contribution is 2.23. The Balaban J connectivity index is 1.73. The van der Waals surface area contributed by atoms with Crippen molar-refractivity contribution in [3.8, 4) is 0 Å². The van der Waals surface area contributed by atoms with E-state index in [9.17, 15) is 8.78 Å². The molecule has 0 bridgehead atoms. The molecule has 22 heavy (non-hydrogen) atoms. The van der Waals surface area contributed by atoms with Crippen molar-refractivity contribution in [3.05, 3.63) is 29.6 Å². The minimum Gasteiger partial charge on any atom is -0.333 e. The van der Waals surface area contributed by atoms with Crippen molar-refractivity contribution >= 4 is 22.8 Å². The van der Waals surface area contributed by atoms with E-state index in [1.54, 1.807) is 4.68 Å². The van der Waals surface area contributed by atoms with Gasteiger partial charge in [-0.3, -0.25) is 0 Å². The zero-order valence-corrected chi connectivity index (χ0v) is 12.7. The maximum atomic E-state index is 13.2. The molecule has 0 saturated carbocycles. The molecule has 0 spiro atoms. The van der Waals surface area contributed by atoms with Crippen LogP contribution in [0.2, 0.25) is 0 Å². The lowest BCUT2D eigenvalue weighted by molar-refractivity contribution is 0.510. The third kappa shape index (κ3) is 3.08. The molecule has 0 aliphatic heterocycles. The molecule has 0 amide bonds. The largest absolute Gasteiger partial charge is 0.333 e. The number of H-pyrrole nitrogens is 1. The van der Waals surface area contributed by atoms with E-state index in [1.165, 1.54) is 11.8 Å². The van der Waals surface area contributed by atoms with Gasteiger partial charge in [0.05, 0.1) is 16.8 Å². The predicted molar refractivity (Wildman–Crippen MR) is 78.3 cm³/mol. The van der Waals surface area contributed by atoms with E-state index in [0.717, 1.165) is 37.3 Å². The fraction of sp³-hybridized carbons (Fsp3) is 0.385. The molecule has 1 aromatic carbocycles. The van der Waals surface area contributed by atoms with Crippen LogP contribution in [-0.4, -0.2) is 30.2 Å². The number of thioether (sulfide) groups is 1. The zero-order chi connectivity index (χ0) is 15.5. The van der Waals surface area contributed by atoms with Gasteiger partial charge in [0.1, 0.15) is 0 Å². The number of benzene rings is 1. The number of nitrogens with zero attached hydrogens (tertiary/aromatic N) is 5. The summed E-state index contributed by atoms with van der Waals surface area (Å²) in [5.41, 5.74) is 0.860.